The molecule has 6 heteroatoms. The maximum absolute atomic E-state index is 12.6. The number of para-hydroxylation sites is 1. The summed E-state index contributed by atoms with van der Waals surface area (Å²) < 4.78 is 37.7. The van der Waals surface area contributed by atoms with Gasteiger partial charge >= 0.3 is 6.18 Å². The molecule has 0 saturated carbocycles. The highest BCUT2D eigenvalue weighted by atomic mass is 19.4. The summed E-state index contributed by atoms with van der Waals surface area (Å²) in [5.41, 5.74) is 4.25. The molecule has 1 aliphatic heterocycles. The van der Waals surface area contributed by atoms with Crippen LogP contribution in [0.3, 0.4) is 0 Å². The van der Waals surface area contributed by atoms with Gasteiger partial charge in [-0.3, -0.25) is 0 Å². The van der Waals surface area contributed by atoms with Gasteiger partial charge in [0.05, 0.1) is 17.3 Å². The van der Waals surface area contributed by atoms with E-state index in [1.54, 1.807) is 18.2 Å². The van der Waals surface area contributed by atoms with E-state index >= 15 is 0 Å². The van der Waals surface area contributed by atoms with Gasteiger partial charge in [-0.2, -0.15) is 18.3 Å². The first-order valence-corrected chi connectivity index (χ1v) is 6.73. The van der Waals surface area contributed by atoms with Gasteiger partial charge in [0.2, 0.25) is 0 Å². The summed E-state index contributed by atoms with van der Waals surface area (Å²) in [7, 11) is 0. The van der Waals surface area contributed by atoms with Gasteiger partial charge in [0, 0.05) is 12.0 Å². The normalized spacial score (nSPS) is 18.0. The molecule has 0 amide bonds. The number of hydrogen-bond donors (Lipinski definition) is 2. The van der Waals surface area contributed by atoms with E-state index in [1.165, 1.54) is 12.1 Å². The number of benzene rings is 2. The lowest BCUT2D eigenvalue weighted by atomic mass is 9.98. The Morgan fingerprint density at radius 3 is 2.36 bits per heavy atom. The van der Waals surface area contributed by atoms with E-state index in [-0.39, 0.29) is 11.8 Å². The predicted octanol–water partition coefficient (Wildman–Crippen LogP) is 3.85. The Morgan fingerprint density at radius 2 is 1.73 bits per heavy atom. The highest BCUT2D eigenvalue weighted by Crippen LogP contribution is 2.32. The van der Waals surface area contributed by atoms with Crippen LogP contribution < -0.4 is 5.43 Å². The summed E-state index contributed by atoms with van der Waals surface area (Å²) in [4.78, 5) is 0. The van der Waals surface area contributed by atoms with Gasteiger partial charge in [0.25, 0.3) is 0 Å². The summed E-state index contributed by atoms with van der Waals surface area (Å²) in [5, 5.41) is 14.0. The Hall–Kier alpha value is -2.50. The van der Waals surface area contributed by atoms with Crippen LogP contribution in [-0.4, -0.2) is 10.8 Å². The molecule has 114 valence electrons. The first-order chi connectivity index (χ1) is 10.4. The molecule has 3 rings (SSSR count). The van der Waals surface area contributed by atoms with Crippen molar-refractivity contribution in [3.05, 3.63) is 65.2 Å². The molecular weight excluding hydrogens is 293 g/mol. The summed E-state index contributed by atoms with van der Waals surface area (Å²) in [5.74, 6) is 0.170. The zero-order valence-electron chi connectivity index (χ0n) is 11.4. The van der Waals surface area contributed by atoms with Crippen molar-refractivity contribution < 1.29 is 18.3 Å². The lowest BCUT2D eigenvalue weighted by Gasteiger charge is -2.11. The van der Waals surface area contributed by atoms with Gasteiger partial charge in [-0.05, 0) is 23.8 Å². The van der Waals surface area contributed by atoms with E-state index in [0.717, 1.165) is 12.1 Å². The fraction of sp³-hybridized carbons (Fsp3) is 0.188. The molecule has 1 aliphatic rings. The number of halogens is 3. The van der Waals surface area contributed by atoms with E-state index in [4.69, 9.17) is 0 Å². The third-order valence-electron chi connectivity index (χ3n) is 3.61. The Labute approximate surface area is 125 Å². The van der Waals surface area contributed by atoms with Crippen molar-refractivity contribution in [1.29, 1.82) is 0 Å². The molecule has 0 aliphatic carbocycles. The molecule has 0 saturated heterocycles. The van der Waals surface area contributed by atoms with Crippen LogP contribution in [0, 0.1) is 0 Å². The Kier molecular flexibility index (Phi) is 3.52. The van der Waals surface area contributed by atoms with Gasteiger partial charge in [0.15, 0.2) is 0 Å². The average Bonchev–Trinajstić information content (AvgIpc) is 2.96. The smallest absolute Gasteiger partial charge is 0.416 e. The molecule has 22 heavy (non-hydrogen) atoms. The average molecular weight is 306 g/mol. The number of hydrogen-bond acceptors (Lipinski definition) is 3. The lowest BCUT2D eigenvalue weighted by Crippen LogP contribution is -2.10. The fourth-order valence-electron chi connectivity index (χ4n) is 2.44. The van der Waals surface area contributed by atoms with Crippen LogP contribution in [0.4, 0.5) is 13.2 Å². The molecule has 0 bridgehead atoms. The topological polar surface area (TPSA) is 44.6 Å². The summed E-state index contributed by atoms with van der Waals surface area (Å²) in [6.07, 6.45) is -3.84. The number of nitrogens with zero attached hydrogens (tertiary/aromatic N) is 1. The molecule has 1 atom stereocenters. The summed E-state index contributed by atoms with van der Waals surface area (Å²) >= 11 is 0. The van der Waals surface area contributed by atoms with Gasteiger partial charge in [-0.25, -0.2) is 0 Å². The first-order valence-electron chi connectivity index (χ1n) is 6.73. The van der Waals surface area contributed by atoms with Gasteiger partial charge in [0.1, 0.15) is 5.75 Å². The highest BCUT2D eigenvalue weighted by Gasteiger charge is 2.30. The molecular formula is C16H13F3N2O. The molecule has 0 fully saturated rings. The third kappa shape index (κ3) is 2.77. The van der Waals surface area contributed by atoms with Gasteiger partial charge < -0.3 is 10.5 Å². The van der Waals surface area contributed by atoms with Crippen LogP contribution in [0.25, 0.3) is 0 Å². The second kappa shape index (κ2) is 5.36. The van der Waals surface area contributed by atoms with Crippen LogP contribution in [0.1, 0.15) is 29.2 Å². The Morgan fingerprint density at radius 1 is 1.05 bits per heavy atom. The summed E-state index contributed by atoms with van der Waals surface area (Å²) in [6, 6.07) is 11.7. The van der Waals surface area contributed by atoms with E-state index in [9.17, 15) is 18.3 Å². The number of aromatic hydroxyl groups is 1. The van der Waals surface area contributed by atoms with Crippen LogP contribution >= 0.6 is 0 Å². The van der Waals surface area contributed by atoms with E-state index < -0.39 is 11.7 Å². The molecule has 3 nitrogen and oxygen atoms in total. The molecule has 0 radical (unpaired) electrons. The lowest BCUT2D eigenvalue weighted by molar-refractivity contribution is -0.137. The number of phenols is 1. The van der Waals surface area contributed by atoms with Crippen molar-refractivity contribution in [3.8, 4) is 5.75 Å². The van der Waals surface area contributed by atoms with Crippen LogP contribution in [-0.2, 0) is 6.18 Å². The number of rotatable bonds is 2. The third-order valence-corrected chi connectivity index (χ3v) is 3.61. The van der Waals surface area contributed by atoms with E-state index in [0.29, 0.717) is 23.3 Å². The maximum atomic E-state index is 12.6. The molecule has 0 spiro atoms. The highest BCUT2D eigenvalue weighted by molar-refractivity contribution is 6.01. The minimum Gasteiger partial charge on any atom is -0.508 e. The van der Waals surface area contributed by atoms with Crippen molar-refractivity contribution in [1.82, 2.24) is 5.43 Å². The molecule has 0 aromatic heterocycles. The van der Waals surface area contributed by atoms with Crippen LogP contribution in [0.2, 0.25) is 0 Å². The van der Waals surface area contributed by atoms with Crippen LogP contribution in [0.15, 0.2) is 53.6 Å². The van der Waals surface area contributed by atoms with Crippen molar-refractivity contribution in [3.63, 3.8) is 0 Å². The number of phenolic OH excluding ortho intramolecular Hbond substituents is 1. The maximum Gasteiger partial charge on any atom is 0.416 e. The zero-order chi connectivity index (χ0) is 15.7. The Bertz CT molecular complexity index is 708. The fourth-order valence-corrected chi connectivity index (χ4v) is 2.44. The predicted molar refractivity (Wildman–Crippen MR) is 76.6 cm³/mol. The van der Waals surface area contributed by atoms with Gasteiger partial charge in [-0.1, -0.05) is 30.3 Å². The molecule has 2 aromatic carbocycles. The van der Waals surface area contributed by atoms with Crippen molar-refractivity contribution >= 4 is 5.71 Å². The summed E-state index contributed by atoms with van der Waals surface area (Å²) in [6.45, 7) is 0. The standard InChI is InChI=1S/C16H13F3N2O/c17-16(18,19)11-7-5-10(6-8-11)13-9-14(21-20-13)12-3-1-2-4-15(12)22/h1-8,14,21-22H,9H2. The molecule has 1 heterocycles. The van der Waals surface area contributed by atoms with Crippen molar-refractivity contribution in [2.75, 3.05) is 0 Å². The molecule has 2 aromatic rings. The van der Waals surface area contributed by atoms with E-state index in [2.05, 4.69) is 10.5 Å². The Balaban J connectivity index is 1.77. The SMILES string of the molecule is Oc1ccccc1C1CC(c2ccc(C(F)(F)F)cc2)=NN1. The van der Waals surface area contributed by atoms with Crippen molar-refractivity contribution in [2.45, 2.75) is 18.6 Å². The molecule has 1 unspecified atom stereocenters. The largest absolute Gasteiger partial charge is 0.508 e. The van der Waals surface area contributed by atoms with Gasteiger partial charge in [-0.15, -0.1) is 0 Å². The van der Waals surface area contributed by atoms with E-state index in [1.807, 2.05) is 6.07 Å². The minimum absolute atomic E-state index is 0.170. The number of alkyl halides is 3. The minimum atomic E-state index is -4.34. The van der Waals surface area contributed by atoms with Crippen LogP contribution in [0.5, 0.6) is 5.75 Å². The number of hydrazone groups is 1. The monoisotopic (exact) mass is 306 g/mol. The number of nitrogens with one attached hydrogen (secondary N) is 1. The zero-order valence-corrected chi connectivity index (χ0v) is 11.4. The second-order valence-corrected chi connectivity index (χ2v) is 5.08. The van der Waals surface area contributed by atoms with Crippen molar-refractivity contribution in [2.24, 2.45) is 5.10 Å². The second-order valence-electron chi connectivity index (χ2n) is 5.08. The quantitative estimate of drug-likeness (QED) is 0.885. The molecule has 2 N–H and O–H groups in total. The first kappa shape index (κ1) is 14.4.